The summed E-state index contributed by atoms with van der Waals surface area (Å²) in [5.41, 5.74) is 1.21. The number of nitrogens with one attached hydrogen (secondary N) is 1. The van der Waals surface area contributed by atoms with Crippen molar-refractivity contribution in [3.8, 4) is 0 Å². The van der Waals surface area contributed by atoms with Gasteiger partial charge in [-0.2, -0.15) is 5.10 Å². The molecule has 1 fully saturated rings. The van der Waals surface area contributed by atoms with E-state index < -0.39 is 5.60 Å². The molecule has 0 saturated carbocycles. The summed E-state index contributed by atoms with van der Waals surface area (Å²) in [5, 5.41) is 8.20. The van der Waals surface area contributed by atoms with Crippen molar-refractivity contribution < 1.29 is 9.53 Å². The number of ether oxygens (including phenoxy) is 1. The molecular formula is C14H23ClN4O2. The average Bonchev–Trinajstić information content (AvgIpc) is 2.61. The van der Waals surface area contributed by atoms with Crippen LogP contribution >= 0.6 is 11.6 Å². The van der Waals surface area contributed by atoms with Crippen molar-refractivity contribution in [1.82, 2.24) is 20.0 Å². The molecule has 1 aromatic rings. The molecule has 0 radical (unpaired) electrons. The molecular weight excluding hydrogens is 292 g/mol. The van der Waals surface area contributed by atoms with E-state index in [-0.39, 0.29) is 12.1 Å². The number of hydrogen-bond donors (Lipinski definition) is 1. The first-order valence-electron chi connectivity index (χ1n) is 7.10. The first-order valence-corrected chi connectivity index (χ1v) is 7.48. The highest BCUT2D eigenvalue weighted by Crippen LogP contribution is 2.31. The summed E-state index contributed by atoms with van der Waals surface area (Å²) in [6.45, 7) is 9.48. The average molecular weight is 315 g/mol. The molecule has 1 saturated heterocycles. The number of amides is 1. The number of piperazine rings is 1. The molecule has 0 aliphatic carbocycles. The SMILES string of the molecule is Cc1nn(C)c(Cl)c1C1CNCCN1C(=O)OC(C)(C)C. The van der Waals surface area contributed by atoms with Crippen molar-refractivity contribution >= 4 is 17.7 Å². The fourth-order valence-corrected chi connectivity index (χ4v) is 2.83. The van der Waals surface area contributed by atoms with Crippen LogP contribution < -0.4 is 5.32 Å². The third-order valence-corrected chi connectivity index (χ3v) is 3.85. The maximum atomic E-state index is 12.4. The number of nitrogens with zero attached hydrogens (tertiary/aromatic N) is 3. The highest BCUT2D eigenvalue weighted by molar-refractivity contribution is 6.30. The molecule has 1 N–H and O–H groups in total. The van der Waals surface area contributed by atoms with Gasteiger partial charge in [0.2, 0.25) is 0 Å². The van der Waals surface area contributed by atoms with Gasteiger partial charge in [-0.25, -0.2) is 4.79 Å². The fourth-order valence-electron chi connectivity index (χ4n) is 2.53. The Bertz CT molecular complexity index is 536. The molecule has 1 aromatic heterocycles. The Morgan fingerprint density at radius 3 is 2.67 bits per heavy atom. The molecule has 0 bridgehead atoms. The molecule has 0 spiro atoms. The maximum Gasteiger partial charge on any atom is 0.410 e. The predicted octanol–water partition coefficient (Wildman–Crippen LogP) is 2.26. The number of carbonyl (C=O) groups is 1. The summed E-state index contributed by atoms with van der Waals surface area (Å²) in [6.07, 6.45) is -0.312. The van der Waals surface area contributed by atoms with Crippen molar-refractivity contribution in [2.45, 2.75) is 39.3 Å². The molecule has 1 aliphatic heterocycles. The summed E-state index contributed by atoms with van der Waals surface area (Å²) >= 11 is 6.34. The van der Waals surface area contributed by atoms with Crippen LogP contribution in [0.25, 0.3) is 0 Å². The van der Waals surface area contributed by atoms with E-state index in [9.17, 15) is 4.79 Å². The van der Waals surface area contributed by atoms with Crippen molar-refractivity contribution in [2.24, 2.45) is 7.05 Å². The van der Waals surface area contributed by atoms with Crippen LogP contribution in [0, 0.1) is 6.92 Å². The van der Waals surface area contributed by atoms with Gasteiger partial charge in [-0.3, -0.25) is 9.58 Å². The van der Waals surface area contributed by atoms with E-state index >= 15 is 0 Å². The molecule has 1 unspecified atom stereocenters. The predicted molar refractivity (Wildman–Crippen MR) is 81.5 cm³/mol. The molecule has 7 heteroatoms. The third-order valence-electron chi connectivity index (χ3n) is 3.40. The van der Waals surface area contributed by atoms with Crippen molar-refractivity contribution in [1.29, 1.82) is 0 Å². The van der Waals surface area contributed by atoms with Gasteiger partial charge in [0.15, 0.2) is 0 Å². The Morgan fingerprint density at radius 1 is 1.48 bits per heavy atom. The summed E-state index contributed by atoms with van der Waals surface area (Å²) < 4.78 is 7.14. The number of halogens is 1. The van der Waals surface area contributed by atoms with Gasteiger partial charge in [0.1, 0.15) is 10.8 Å². The van der Waals surface area contributed by atoms with Crippen LogP contribution in [-0.4, -0.2) is 46.0 Å². The molecule has 2 heterocycles. The minimum absolute atomic E-state index is 0.158. The quantitative estimate of drug-likeness (QED) is 0.864. The highest BCUT2D eigenvalue weighted by Gasteiger charge is 2.34. The summed E-state index contributed by atoms with van der Waals surface area (Å²) in [6, 6.07) is -0.158. The van der Waals surface area contributed by atoms with Gasteiger partial charge in [-0.1, -0.05) is 11.6 Å². The number of aryl methyl sites for hydroxylation is 2. The van der Waals surface area contributed by atoms with Gasteiger partial charge in [0.25, 0.3) is 0 Å². The molecule has 1 amide bonds. The van der Waals surface area contributed by atoms with Crippen LogP contribution in [0.4, 0.5) is 4.79 Å². The lowest BCUT2D eigenvalue weighted by atomic mass is 10.0. The lowest BCUT2D eigenvalue weighted by Crippen LogP contribution is -2.50. The van der Waals surface area contributed by atoms with Gasteiger partial charge in [-0.15, -0.1) is 0 Å². The van der Waals surface area contributed by atoms with Crippen molar-refractivity contribution in [3.05, 3.63) is 16.4 Å². The lowest BCUT2D eigenvalue weighted by molar-refractivity contribution is 0.0117. The van der Waals surface area contributed by atoms with Crippen LogP contribution in [0.2, 0.25) is 5.15 Å². The minimum atomic E-state index is -0.514. The minimum Gasteiger partial charge on any atom is -0.444 e. The zero-order valence-electron chi connectivity index (χ0n) is 13.2. The van der Waals surface area contributed by atoms with Crippen LogP contribution in [-0.2, 0) is 11.8 Å². The van der Waals surface area contributed by atoms with Gasteiger partial charge < -0.3 is 10.1 Å². The molecule has 118 valence electrons. The monoisotopic (exact) mass is 314 g/mol. The van der Waals surface area contributed by atoms with Gasteiger partial charge in [-0.05, 0) is 27.7 Å². The van der Waals surface area contributed by atoms with Crippen molar-refractivity contribution in [2.75, 3.05) is 19.6 Å². The normalized spacial score (nSPS) is 19.7. The van der Waals surface area contributed by atoms with Crippen LogP contribution in [0.15, 0.2) is 0 Å². The van der Waals surface area contributed by atoms with Crippen LogP contribution in [0.5, 0.6) is 0 Å². The smallest absolute Gasteiger partial charge is 0.410 e. The van der Waals surface area contributed by atoms with Gasteiger partial charge in [0, 0.05) is 32.2 Å². The molecule has 2 rings (SSSR count). The maximum absolute atomic E-state index is 12.4. The third kappa shape index (κ3) is 3.49. The lowest BCUT2D eigenvalue weighted by Gasteiger charge is -2.37. The van der Waals surface area contributed by atoms with E-state index in [1.165, 1.54) is 0 Å². The number of rotatable bonds is 1. The first-order chi connectivity index (χ1) is 9.70. The van der Waals surface area contributed by atoms with E-state index in [0.717, 1.165) is 17.8 Å². The Morgan fingerprint density at radius 2 is 2.14 bits per heavy atom. The second kappa shape index (κ2) is 5.85. The summed E-state index contributed by atoms with van der Waals surface area (Å²) in [7, 11) is 1.80. The van der Waals surface area contributed by atoms with E-state index in [0.29, 0.717) is 18.2 Å². The Balaban J connectivity index is 2.29. The number of carbonyl (C=O) groups excluding carboxylic acids is 1. The number of hydrogen-bond acceptors (Lipinski definition) is 4. The molecule has 6 nitrogen and oxygen atoms in total. The Labute approximate surface area is 130 Å². The first kappa shape index (κ1) is 16.1. The zero-order chi connectivity index (χ0) is 15.8. The van der Waals surface area contributed by atoms with E-state index in [1.54, 1.807) is 16.6 Å². The topological polar surface area (TPSA) is 59.4 Å². The van der Waals surface area contributed by atoms with E-state index in [2.05, 4.69) is 10.4 Å². The van der Waals surface area contributed by atoms with E-state index in [4.69, 9.17) is 16.3 Å². The van der Waals surface area contributed by atoms with E-state index in [1.807, 2.05) is 27.7 Å². The van der Waals surface area contributed by atoms with Crippen LogP contribution in [0.1, 0.15) is 38.1 Å². The van der Waals surface area contributed by atoms with Gasteiger partial charge >= 0.3 is 6.09 Å². The number of aromatic nitrogens is 2. The van der Waals surface area contributed by atoms with Crippen molar-refractivity contribution in [3.63, 3.8) is 0 Å². The zero-order valence-corrected chi connectivity index (χ0v) is 14.0. The highest BCUT2D eigenvalue weighted by atomic mass is 35.5. The summed E-state index contributed by atoms with van der Waals surface area (Å²) in [4.78, 5) is 14.2. The molecule has 21 heavy (non-hydrogen) atoms. The molecule has 1 atom stereocenters. The summed E-state index contributed by atoms with van der Waals surface area (Å²) in [5.74, 6) is 0. The largest absolute Gasteiger partial charge is 0.444 e. The standard InChI is InChI=1S/C14H23ClN4O2/c1-9-11(12(15)18(5)17-9)10-8-16-6-7-19(10)13(20)21-14(2,3)4/h10,16H,6-8H2,1-5H3. The van der Waals surface area contributed by atoms with Gasteiger partial charge in [0.05, 0.1) is 11.7 Å². The Hall–Kier alpha value is -1.27. The fraction of sp³-hybridized carbons (Fsp3) is 0.714. The Kier molecular flexibility index (Phi) is 4.49. The second-order valence-corrected chi connectivity index (χ2v) is 6.67. The second-order valence-electron chi connectivity index (χ2n) is 6.31. The van der Waals surface area contributed by atoms with Crippen LogP contribution in [0.3, 0.4) is 0 Å². The molecule has 0 aromatic carbocycles. The molecule has 1 aliphatic rings.